The standard InChI is InChI=1S/C26H30N2O6/c1-12-7-21(30)23-17(26(33)34-24(23)22-13(2)20(29)9-16(12)22)11-28-19(25(31)32)8-14-10-27-18-6-4-3-5-15(14)18/h3-6,10,16-17,19-24,27-30H,1-2,7-9,11H2,(H,31,32)/t16-,17-,19-,20-,21-,22-,23+,24+/m0/s1. The number of rotatable bonds is 6. The van der Waals surface area contributed by atoms with E-state index in [9.17, 15) is 24.9 Å². The van der Waals surface area contributed by atoms with Crippen LogP contribution in [0.4, 0.5) is 0 Å². The summed E-state index contributed by atoms with van der Waals surface area (Å²) in [5.41, 5.74) is 3.24. The molecule has 8 heteroatoms. The molecule has 0 spiro atoms. The second-order valence-electron chi connectivity index (χ2n) is 9.84. The summed E-state index contributed by atoms with van der Waals surface area (Å²) in [6, 6.07) is 6.76. The van der Waals surface area contributed by atoms with Crippen LogP contribution in [-0.4, -0.2) is 63.1 Å². The molecule has 2 aromatic rings. The third-order valence-corrected chi connectivity index (χ3v) is 7.94. The zero-order valence-electron chi connectivity index (χ0n) is 18.8. The van der Waals surface area contributed by atoms with Crippen molar-refractivity contribution in [1.82, 2.24) is 10.3 Å². The zero-order chi connectivity index (χ0) is 24.1. The summed E-state index contributed by atoms with van der Waals surface area (Å²) in [6.07, 6.45) is 0.675. The minimum Gasteiger partial charge on any atom is -0.480 e. The Bertz CT molecular complexity index is 1160. The number of para-hydroxylation sites is 1. The van der Waals surface area contributed by atoms with Crippen LogP contribution >= 0.6 is 0 Å². The largest absolute Gasteiger partial charge is 0.480 e. The Morgan fingerprint density at radius 2 is 2.03 bits per heavy atom. The van der Waals surface area contributed by atoms with Gasteiger partial charge in [0.1, 0.15) is 12.1 Å². The Kier molecular flexibility index (Phi) is 5.83. The molecular weight excluding hydrogens is 436 g/mol. The van der Waals surface area contributed by atoms with Crippen molar-refractivity contribution in [2.24, 2.45) is 23.7 Å². The lowest BCUT2D eigenvalue weighted by molar-refractivity contribution is -0.146. The average molecular weight is 467 g/mol. The minimum absolute atomic E-state index is 0.0648. The molecule has 1 saturated heterocycles. The van der Waals surface area contributed by atoms with Crippen LogP contribution in [0, 0.1) is 23.7 Å². The average Bonchev–Trinajstić information content (AvgIpc) is 3.42. The van der Waals surface area contributed by atoms with Crippen molar-refractivity contribution in [2.75, 3.05) is 6.54 Å². The van der Waals surface area contributed by atoms with Crippen LogP contribution in [0.3, 0.4) is 0 Å². The first kappa shape index (κ1) is 22.8. The summed E-state index contributed by atoms with van der Waals surface area (Å²) < 4.78 is 5.76. The third kappa shape index (κ3) is 3.76. The molecule has 5 rings (SSSR count). The maximum absolute atomic E-state index is 12.9. The number of aromatic nitrogens is 1. The lowest BCUT2D eigenvalue weighted by Gasteiger charge is -2.28. The number of hydrogen-bond acceptors (Lipinski definition) is 6. The maximum atomic E-state index is 12.9. The molecule has 34 heavy (non-hydrogen) atoms. The molecule has 2 saturated carbocycles. The highest BCUT2D eigenvalue weighted by Crippen LogP contribution is 2.52. The zero-order valence-corrected chi connectivity index (χ0v) is 18.8. The van der Waals surface area contributed by atoms with E-state index >= 15 is 0 Å². The van der Waals surface area contributed by atoms with Crippen molar-refractivity contribution in [1.29, 1.82) is 0 Å². The normalized spacial score (nSPS) is 33.9. The molecule has 5 N–H and O–H groups in total. The highest BCUT2D eigenvalue weighted by molar-refractivity contribution is 5.84. The number of esters is 1. The predicted octanol–water partition coefficient (Wildman–Crippen LogP) is 1.78. The van der Waals surface area contributed by atoms with Crippen LogP contribution in [-0.2, 0) is 20.7 Å². The van der Waals surface area contributed by atoms with E-state index in [1.165, 1.54) is 0 Å². The molecule has 0 bridgehead atoms. The van der Waals surface area contributed by atoms with Gasteiger partial charge in [-0.05, 0) is 36.0 Å². The van der Waals surface area contributed by atoms with E-state index in [1.54, 1.807) is 6.20 Å². The van der Waals surface area contributed by atoms with Crippen LogP contribution in [0.15, 0.2) is 54.8 Å². The first-order chi connectivity index (χ1) is 16.3. The Morgan fingerprint density at radius 3 is 2.79 bits per heavy atom. The van der Waals surface area contributed by atoms with Gasteiger partial charge in [-0.3, -0.25) is 9.59 Å². The Labute approximate surface area is 197 Å². The second-order valence-corrected chi connectivity index (χ2v) is 9.84. The van der Waals surface area contributed by atoms with Crippen molar-refractivity contribution < 1.29 is 29.6 Å². The van der Waals surface area contributed by atoms with Gasteiger partial charge in [0.05, 0.1) is 18.1 Å². The van der Waals surface area contributed by atoms with Crippen LogP contribution < -0.4 is 5.32 Å². The molecule has 3 fully saturated rings. The van der Waals surface area contributed by atoms with Crippen LogP contribution in [0.2, 0.25) is 0 Å². The number of aliphatic carboxylic acids is 1. The number of ether oxygens (including phenoxy) is 1. The summed E-state index contributed by atoms with van der Waals surface area (Å²) in [7, 11) is 0. The smallest absolute Gasteiger partial charge is 0.321 e. The molecule has 2 aliphatic carbocycles. The Morgan fingerprint density at radius 1 is 1.26 bits per heavy atom. The number of carboxylic acid groups (broad SMARTS) is 1. The van der Waals surface area contributed by atoms with E-state index in [1.807, 2.05) is 24.3 Å². The second kappa shape index (κ2) is 8.69. The van der Waals surface area contributed by atoms with Gasteiger partial charge in [0.15, 0.2) is 0 Å². The molecule has 3 aliphatic rings. The van der Waals surface area contributed by atoms with E-state index in [4.69, 9.17) is 4.74 Å². The molecule has 0 unspecified atom stereocenters. The van der Waals surface area contributed by atoms with Gasteiger partial charge in [0.25, 0.3) is 0 Å². The first-order valence-electron chi connectivity index (χ1n) is 11.7. The fourth-order valence-electron chi connectivity index (χ4n) is 6.18. The molecule has 1 aromatic heterocycles. The molecule has 2 heterocycles. The molecule has 8 nitrogen and oxygen atoms in total. The van der Waals surface area contributed by atoms with E-state index < -0.39 is 48.1 Å². The van der Waals surface area contributed by atoms with Gasteiger partial charge in [0.2, 0.25) is 0 Å². The summed E-state index contributed by atoms with van der Waals surface area (Å²) >= 11 is 0. The molecule has 8 atom stereocenters. The SMILES string of the molecule is C=C1[C@@H]2[C@H]3OC(=O)[C@@H](CN[C@@H](Cc4c[nH]c5ccccc45)C(=O)O)[C@@H]3[C@@H](O)CC(=C)[C@@H]2C[C@@H]1O. The third-order valence-electron chi connectivity index (χ3n) is 7.94. The molecule has 0 amide bonds. The maximum Gasteiger partial charge on any atom is 0.321 e. The number of carbonyl (C=O) groups excluding carboxylic acids is 1. The lowest BCUT2D eigenvalue weighted by atomic mass is 9.78. The van der Waals surface area contributed by atoms with E-state index in [2.05, 4.69) is 23.5 Å². The van der Waals surface area contributed by atoms with Crippen molar-refractivity contribution >= 4 is 22.8 Å². The summed E-state index contributed by atoms with van der Waals surface area (Å²) in [6.45, 7) is 8.22. The Hall–Kier alpha value is -2.94. The van der Waals surface area contributed by atoms with Crippen molar-refractivity contribution in [3.63, 3.8) is 0 Å². The number of fused-ring (bicyclic) bond motifs is 4. The number of aliphatic hydroxyl groups is 2. The van der Waals surface area contributed by atoms with Gasteiger partial charge in [-0.25, -0.2) is 0 Å². The minimum atomic E-state index is -1.02. The van der Waals surface area contributed by atoms with E-state index in [-0.39, 0.29) is 24.8 Å². The number of aliphatic hydroxyl groups excluding tert-OH is 2. The fourth-order valence-corrected chi connectivity index (χ4v) is 6.18. The van der Waals surface area contributed by atoms with Crippen LogP contribution in [0.1, 0.15) is 18.4 Å². The van der Waals surface area contributed by atoms with Gasteiger partial charge in [0, 0.05) is 41.9 Å². The summed E-state index contributed by atoms with van der Waals surface area (Å²) in [5.74, 6) is -3.10. The van der Waals surface area contributed by atoms with Crippen molar-refractivity contribution in [2.45, 2.75) is 43.6 Å². The van der Waals surface area contributed by atoms with Gasteiger partial charge >= 0.3 is 11.9 Å². The Balaban J connectivity index is 1.35. The van der Waals surface area contributed by atoms with Gasteiger partial charge in [-0.2, -0.15) is 0 Å². The first-order valence-corrected chi connectivity index (χ1v) is 11.7. The van der Waals surface area contributed by atoms with Gasteiger partial charge in [-0.1, -0.05) is 36.9 Å². The van der Waals surface area contributed by atoms with E-state index in [0.29, 0.717) is 18.4 Å². The lowest BCUT2D eigenvalue weighted by Crippen LogP contribution is -2.45. The molecule has 180 valence electrons. The van der Waals surface area contributed by atoms with Crippen molar-refractivity contribution in [3.8, 4) is 0 Å². The monoisotopic (exact) mass is 466 g/mol. The molecular formula is C26H30N2O6. The highest BCUT2D eigenvalue weighted by atomic mass is 16.6. The number of H-pyrrole nitrogens is 1. The number of carboxylic acids is 1. The van der Waals surface area contributed by atoms with Gasteiger partial charge < -0.3 is 30.4 Å². The number of aromatic amines is 1. The van der Waals surface area contributed by atoms with E-state index in [0.717, 1.165) is 22.0 Å². The quantitative estimate of drug-likeness (QED) is 0.324. The number of hydrogen-bond donors (Lipinski definition) is 5. The summed E-state index contributed by atoms with van der Waals surface area (Å²) in [5, 5.41) is 35.2. The van der Waals surface area contributed by atoms with Crippen molar-refractivity contribution in [3.05, 3.63) is 60.3 Å². The molecule has 1 aliphatic heterocycles. The number of carbonyl (C=O) groups is 2. The predicted molar refractivity (Wildman–Crippen MR) is 125 cm³/mol. The van der Waals surface area contributed by atoms with Crippen LogP contribution in [0.25, 0.3) is 10.9 Å². The molecule has 0 radical (unpaired) electrons. The fraction of sp³-hybridized carbons (Fsp3) is 0.462. The summed E-state index contributed by atoms with van der Waals surface area (Å²) in [4.78, 5) is 28.1. The van der Waals surface area contributed by atoms with Crippen LogP contribution in [0.5, 0.6) is 0 Å². The number of benzene rings is 1. The highest BCUT2D eigenvalue weighted by Gasteiger charge is 2.57. The number of nitrogens with one attached hydrogen (secondary N) is 2. The van der Waals surface area contributed by atoms with Gasteiger partial charge in [-0.15, -0.1) is 0 Å². The topological polar surface area (TPSA) is 132 Å². The molecule has 1 aromatic carbocycles.